The smallest absolute Gasteiger partial charge is 0.316 e. The van der Waals surface area contributed by atoms with E-state index < -0.39 is 0 Å². The minimum atomic E-state index is -0.00366. The zero-order chi connectivity index (χ0) is 10.4. The Kier molecular flexibility index (Phi) is 4.73. The van der Waals surface area contributed by atoms with Gasteiger partial charge in [0.15, 0.2) is 0 Å². The van der Waals surface area contributed by atoms with E-state index in [4.69, 9.17) is 0 Å². The van der Waals surface area contributed by atoms with Crippen LogP contribution < -0.4 is 10.6 Å². The Labute approximate surface area is 86.0 Å². The number of rotatable bonds is 2. The molecule has 0 aromatic heterocycles. The molecule has 0 aliphatic carbocycles. The number of urea groups is 1. The van der Waals surface area contributed by atoms with Gasteiger partial charge in [0.2, 0.25) is 0 Å². The van der Waals surface area contributed by atoms with E-state index in [0.717, 1.165) is 13.1 Å². The average molecular weight is 199 g/mol. The van der Waals surface area contributed by atoms with Gasteiger partial charge in [-0.2, -0.15) is 0 Å². The monoisotopic (exact) mass is 199 g/mol. The van der Waals surface area contributed by atoms with Crippen molar-refractivity contribution in [2.75, 3.05) is 27.2 Å². The van der Waals surface area contributed by atoms with Gasteiger partial charge in [0.25, 0.3) is 0 Å². The summed E-state index contributed by atoms with van der Waals surface area (Å²) in [4.78, 5) is 13.0. The number of hydrogen-bond acceptors (Lipinski definition) is 2. The maximum absolute atomic E-state index is 11.3. The van der Waals surface area contributed by atoms with Gasteiger partial charge in [-0.05, 0) is 19.4 Å². The quantitative estimate of drug-likeness (QED) is 0.690. The van der Waals surface area contributed by atoms with Crippen molar-refractivity contribution >= 4 is 6.03 Å². The van der Waals surface area contributed by atoms with Crippen LogP contribution in [0.15, 0.2) is 0 Å². The lowest BCUT2D eigenvalue weighted by Gasteiger charge is -2.23. The first kappa shape index (κ1) is 11.3. The summed E-state index contributed by atoms with van der Waals surface area (Å²) in [5.74, 6) is 0. The average Bonchev–Trinajstić information content (AvgIpc) is 2.45. The van der Waals surface area contributed by atoms with Crippen molar-refractivity contribution in [1.82, 2.24) is 15.5 Å². The third-order valence-corrected chi connectivity index (χ3v) is 2.72. The van der Waals surface area contributed by atoms with Crippen LogP contribution in [0.5, 0.6) is 0 Å². The van der Waals surface area contributed by atoms with Crippen LogP contribution in [0, 0.1) is 0 Å². The van der Waals surface area contributed by atoms with E-state index in [1.54, 1.807) is 11.9 Å². The van der Waals surface area contributed by atoms with E-state index in [-0.39, 0.29) is 6.03 Å². The molecule has 0 saturated carbocycles. The van der Waals surface area contributed by atoms with E-state index in [0.29, 0.717) is 6.04 Å². The molecule has 1 fully saturated rings. The molecule has 1 saturated heterocycles. The highest BCUT2D eigenvalue weighted by Gasteiger charge is 2.15. The topological polar surface area (TPSA) is 44.4 Å². The molecule has 14 heavy (non-hydrogen) atoms. The Morgan fingerprint density at radius 1 is 1.50 bits per heavy atom. The van der Waals surface area contributed by atoms with Gasteiger partial charge in [-0.25, -0.2) is 4.79 Å². The molecule has 82 valence electrons. The number of likely N-dealkylation sites (N-methyl/N-ethyl adjacent to an activating group) is 1. The van der Waals surface area contributed by atoms with E-state index in [1.165, 1.54) is 25.7 Å². The Balaban J connectivity index is 2.30. The summed E-state index contributed by atoms with van der Waals surface area (Å²) in [5.41, 5.74) is 0. The molecule has 0 aromatic carbocycles. The van der Waals surface area contributed by atoms with Gasteiger partial charge >= 0.3 is 6.03 Å². The lowest BCUT2D eigenvalue weighted by atomic mass is 10.1. The summed E-state index contributed by atoms with van der Waals surface area (Å²) >= 11 is 0. The molecule has 0 radical (unpaired) electrons. The van der Waals surface area contributed by atoms with Crippen molar-refractivity contribution in [3.63, 3.8) is 0 Å². The summed E-state index contributed by atoms with van der Waals surface area (Å²) in [6.07, 6.45) is 5.04. The Morgan fingerprint density at radius 3 is 3.00 bits per heavy atom. The fourth-order valence-corrected chi connectivity index (χ4v) is 1.86. The van der Waals surface area contributed by atoms with Crippen molar-refractivity contribution in [2.24, 2.45) is 0 Å². The van der Waals surface area contributed by atoms with Gasteiger partial charge in [0.05, 0.1) is 0 Å². The van der Waals surface area contributed by atoms with Gasteiger partial charge in [0, 0.05) is 26.7 Å². The van der Waals surface area contributed by atoms with Gasteiger partial charge in [-0.15, -0.1) is 0 Å². The van der Waals surface area contributed by atoms with Crippen LogP contribution in [0.2, 0.25) is 0 Å². The molecule has 2 amide bonds. The first-order valence-corrected chi connectivity index (χ1v) is 5.40. The molecular formula is C10H21N3O. The first-order valence-electron chi connectivity index (χ1n) is 5.40. The van der Waals surface area contributed by atoms with E-state index in [9.17, 15) is 4.79 Å². The molecule has 1 atom stereocenters. The molecule has 4 heteroatoms. The second-order valence-electron chi connectivity index (χ2n) is 3.94. The minimum Gasteiger partial charge on any atom is -0.341 e. The third kappa shape index (κ3) is 3.54. The zero-order valence-electron chi connectivity index (χ0n) is 9.18. The largest absolute Gasteiger partial charge is 0.341 e. The van der Waals surface area contributed by atoms with Crippen LogP contribution >= 0.6 is 0 Å². The second kappa shape index (κ2) is 5.86. The lowest BCUT2D eigenvalue weighted by Crippen LogP contribution is -2.44. The number of carbonyl (C=O) groups excluding carboxylic acids is 1. The molecule has 1 aliphatic heterocycles. The lowest BCUT2D eigenvalue weighted by molar-refractivity contribution is 0.205. The number of nitrogens with zero attached hydrogens (tertiary/aromatic N) is 1. The van der Waals surface area contributed by atoms with Crippen LogP contribution in [0.25, 0.3) is 0 Å². The van der Waals surface area contributed by atoms with E-state index in [2.05, 4.69) is 10.6 Å². The van der Waals surface area contributed by atoms with Gasteiger partial charge in [0.1, 0.15) is 0 Å². The highest BCUT2D eigenvalue weighted by atomic mass is 16.2. The predicted octanol–water partition coefficient (Wildman–Crippen LogP) is 0.790. The summed E-state index contributed by atoms with van der Waals surface area (Å²) in [6.45, 7) is 1.89. The zero-order valence-corrected chi connectivity index (χ0v) is 9.18. The molecule has 1 rings (SSSR count). The van der Waals surface area contributed by atoms with Gasteiger partial charge in [-0.1, -0.05) is 12.8 Å². The van der Waals surface area contributed by atoms with Crippen LogP contribution in [0.3, 0.4) is 0 Å². The van der Waals surface area contributed by atoms with Crippen LogP contribution in [-0.2, 0) is 0 Å². The molecule has 2 N–H and O–H groups in total. The molecule has 1 unspecified atom stereocenters. The maximum atomic E-state index is 11.3. The van der Waals surface area contributed by atoms with E-state index in [1.807, 2.05) is 7.05 Å². The number of nitrogens with one attached hydrogen (secondary N) is 2. The Morgan fingerprint density at radius 2 is 2.29 bits per heavy atom. The van der Waals surface area contributed by atoms with Crippen molar-refractivity contribution in [2.45, 2.75) is 31.7 Å². The Bertz CT molecular complexity index is 176. The van der Waals surface area contributed by atoms with Crippen molar-refractivity contribution in [3.05, 3.63) is 0 Å². The first-order chi connectivity index (χ1) is 6.74. The summed E-state index contributed by atoms with van der Waals surface area (Å²) in [7, 11) is 3.50. The maximum Gasteiger partial charge on any atom is 0.316 e. The van der Waals surface area contributed by atoms with Gasteiger partial charge in [-0.3, -0.25) is 0 Å². The van der Waals surface area contributed by atoms with Crippen molar-refractivity contribution < 1.29 is 4.79 Å². The summed E-state index contributed by atoms with van der Waals surface area (Å²) in [6, 6.07) is 0.468. The normalized spacial score (nSPS) is 22.6. The summed E-state index contributed by atoms with van der Waals surface area (Å²) in [5, 5.41) is 6.10. The highest BCUT2D eigenvalue weighted by Crippen LogP contribution is 2.08. The highest BCUT2D eigenvalue weighted by molar-refractivity contribution is 5.73. The standard InChI is InChI=1S/C10H21N3O/c1-11-10(14)13(2)8-9-6-4-3-5-7-12-9/h9,12H,3-8H2,1-2H3,(H,11,14). The number of amides is 2. The SMILES string of the molecule is CNC(=O)N(C)CC1CCCCCN1. The van der Waals surface area contributed by atoms with Crippen LogP contribution in [-0.4, -0.2) is 44.2 Å². The fraction of sp³-hybridized carbons (Fsp3) is 0.900. The van der Waals surface area contributed by atoms with Crippen molar-refractivity contribution in [3.8, 4) is 0 Å². The number of hydrogen-bond donors (Lipinski definition) is 2. The fourth-order valence-electron chi connectivity index (χ4n) is 1.86. The van der Waals surface area contributed by atoms with Gasteiger partial charge < -0.3 is 15.5 Å². The molecule has 1 heterocycles. The summed E-state index contributed by atoms with van der Waals surface area (Å²) < 4.78 is 0. The predicted molar refractivity (Wildman–Crippen MR) is 57.3 cm³/mol. The van der Waals surface area contributed by atoms with Crippen LogP contribution in [0.1, 0.15) is 25.7 Å². The van der Waals surface area contributed by atoms with Crippen molar-refractivity contribution in [1.29, 1.82) is 0 Å². The minimum absolute atomic E-state index is 0.00366. The number of carbonyl (C=O) groups is 1. The third-order valence-electron chi connectivity index (χ3n) is 2.72. The molecule has 0 spiro atoms. The molecule has 0 bridgehead atoms. The second-order valence-corrected chi connectivity index (χ2v) is 3.94. The van der Waals surface area contributed by atoms with E-state index >= 15 is 0 Å². The molecule has 0 aromatic rings. The van der Waals surface area contributed by atoms with Crippen LogP contribution in [0.4, 0.5) is 4.79 Å². The molecule has 1 aliphatic rings. The molecular weight excluding hydrogens is 178 g/mol. The molecule has 4 nitrogen and oxygen atoms in total. The Hall–Kier alpha value is -0.770.